The molecule has 3 heteroatoms. The summed E-state index contributed by atoms with van der Waals surface area (Å²) in [6.07, 6.45) is 15.4. The van der Waals surface area contributed by atoms with Crippen LogP contribution >= 0.6 is 0 Å². The summed E-state index contributed by atoms with van der Waals surface area (Å²) in [5.74, 6) is 0. The molecule has 0 aliphatic rings. The number of rotatable bonds is 13. The molecule has 1 aromatic heterocycles. The van der Waals surface area contributed by atoms with Crippen LogP contribution in [0.25, 0.3) is 0 Å². The lowest BCUT2D eigenvalue weighted by molar-refractivity contribution is 0.434. The van der Waals surface area contributed by atoms with E-state index < -0.39 is 0 Å². The van der Waals surface area contributed by atoms with E-state index in [0.29, 0.717) is 6.04 Å². The number of hydrogen-bond donors (Lipinski definition) is 1. The molecule has 0 saturated heterocycles. The van der Waals surface area contributed by atoms with Gasteiger partial charge in [0.05, 0.1) is 0 Å². The largest absolute Gasteiger partial charge is 0.314 e. The zero-order valence-corrected chi connectivity index (χ0v) is 14.4. The molecule has 0 radical (unpaired) electrons. The van der Waals surface area contributed by atoms with Crippen molar-refractivity contribution in [3.8, 4) is 0 Å². The molecule has 0 fully saturated rings. The summed E-state index contributed by atoms with van der Waals surface area (Å²) in [5.41, 5.74) is 1.34. The Morgan fingerprint density at radius 2 is 1.76 bits per heavy atom. The minimum atomic E-state index is 0.667. The molecule has 1 N–H and O–H groups in total. The van der Waals surface area contributed by atoms with Gasteiger partial charge in [0, 0.05) is 25.0 Å². The quantitative estimate of drug-likeness (QED) is 0.544. The summed E-state index contributed by atoms with van der Waals surface area (Å²) in [5, 5.41) is 7.89. The van der Waals surface area contributed by atoms with Crippen LogP contribution in [-0.4, -0.2) is 22.4 Å². The highest BCUT2D eigenvalue weighted by Crippen LogP contribution is 2.13. The predicted molar refractivity (Wildman–Crippen MR) is 91.6 cm³/mol. The fourth-order valence-electron chi connectivity index (χ4n) is 2.95. The number of nitrogens with one attached hydrogen (secondary N) is 1. The topological polar surface area (TPSA) is 29.9 Å². The second-order valence-electron chi connectivity index (χ2n) is 6.15. The van der Waals surface area contributed by atoms with Gasteiger partial charge in [-0.05, 0) is 31.9 Å². The Kier molecular flexibility index (Phi) is 10.2. The van der Waals surface area contributed by atoms with E-state index in [1.54, 1.807) is 0 Å². The van der Waals surface area contributed by atoms with E-state index in [4.69, 9.17) is 0 Å². The van der Waals surface area contributed by atoms with E-state index in [-0.39, 0.29) is 0 Å². The first-order chi connectivity index (χ1) is 10.3. The van der Waals surface area contributed by atoms with Gasteiger partial charge in [-0.2, -0.15) is 5.10 Å². The van der Waals surface area contributed by atoms with E-state index in [1.165, 1.54) is 63.5 Å². The Balaban J connectivity index is 2.13. The number of nitrogens with zero attached hydrogens (tertiary/aromatic N) is 2. The van der Waals surface area contributed by atoms with Crippen molar-refractivity contribution < 1.29 is 0 Å². The van der Waals surface area contributed by atoms with Crippen LogP contribution in [0.5, 0.6) is 0 Å². The summed E-state index contributed by atoms with van der Waals surface area (Å²) in [6.45, 7) is 5.57. The van der Waals surface area contributed by atoms with Crippen LogP contribution < -0.4 is 5.32 Å². The molecule has 1 unspecified atom stereocenters. The van der Waals surface area contributed by atoms with Crippen molar-refractivity contribution in [1.29, 1.82) is 0 Å². The van der Waals surface area contributed by atoms with Crippen molar-refractivity contribution in [3.05, 3.63) is 18.0 Å². The van der Waals surface area contributed by atoms with Crippen LogP contribution in [0.2, 0.25) is 0 Å². The molecular weight excluding hydrogens is 258 g/mol. The number of aromatic nitrogens is 2. The third kappa shape index (κ3) is 8.25. The highest BCUT2D eigenvalue weighted by atomic mass is 15.2. The summed E-state index contributed by atoms with van der Waals surface area (Å²) < 4.78 is 2.00. The zero-order valence-electron chi connectivity index (χ0n) is 14.4. The molecule has 0 aromatic carbocycles. The van der Waals surface area contributed by atoms with Crippen molar-refractivity contribution in [3.63, 3.8) is 0 Å². The second kappa shape index (κ2) is 11.8. The summed E-state index contributed by atoms with van der Waals surface area (Å²) >= 11 is 0. The Bertz CT molecular complexity index is 346. The number of aryl methyl sites for hydroxylation is 2. The molecule has 122 valence electrons. The van der Waals surface area contributed by atoms with Gasteiger partial charge in [-0.25, -0.2) is 0 Å². The van der Waals surface area contributed by atoms with E-state index >= 15 is 0 Å². The average molecular weight is 293 g/mol. The van der Waals surface area contributed by atoms with Gasteiger partial charge < -0.3 is 5.32 Å². The minimum Gasteiger partial charge on any atom is -0.314 e. The van der Waals surface area contributed by atoms with Gasteiger partial charge in [-0.1, -0.05) is 58.8 Å². The van der Waals surface area contributed by atoms with Crippen molar-refractivity contribution in [2.45, 2.75) is 84.1 Å². The van der Waals surface area contributed by atoms with E-state index in [2.05, 4.69) is 30.3 Å². The first-order valence-corrected chi connectivity index (χ1v) is 8.98. The van der Waals surface area contributed by atoms with Crippen molar-refractivity contribution in [2.24, 2.45) is 7.05 Å². The van der Waals surface area contributed by atoms with Crippen LogP contribution in [0.1, 0.15) is 77.3 Å². The highest BCUT2D eigenvalue weighted by molar-refractivity contribution is 5.00. The van der Waals surface area contributed by atoms with Crippen LogP contribution in [0.3, 0.4) is 0 Å². The minimum absolute atomic E-state index is 0.667. The van der Waals surface area contributed by atoms with Crippen molar-refractivity contribution in [1.82, 2.24) is 15.1 Å². The van der Waals surface area contributed by atoms with Gasteiger partial charge in [-0.15, -0.1) is 0 Å². The molecule has 3 nitrogen and oxygen atoms in total. The lowest BCUT2D eigenvalue weighted by atomic mass is 10.0. The van der Waals surface area contributed by atoms with E-state index in [1.807, 2.05) is 17.9 Å². The molecule has 0 saturated carbocycles. The van der Waals surface area contributed by atoms with Crippen LogP contribution in [-0.2, 0) is 13.5 Å². The SMILES string of the molecule is CCCCCCCCCC(CCc1ccnn1C)NCC. The van der Waals surface area contributed by atoms with Crippen LogP contribution in [0.4, 0.5) is 0 Å². The molecule has 1 heterocycles. The maximum Gasteiger partial charge on any atom is 0.0492 e. The van der Waals surface area contributed by atoms with Gasteiger partial charge in [0.15, 0.2) is 0 Å². The van der Waals surface area contributed by atoms with Crippen molar-refractivity contribution >= 4 is 0 Å². The van der Waals surface area contributed by atoms with Gasteiger partial charge in [0.2, 0.25) is 0 Å². The fourth-order valence-corrected chi connectivity index (χ4v) is 2.95. The smallest absolute Gasteiger partial charge is 0.0492 e. The number of hydrogen-bond acceptors (Lipinski definition) is 2. The molecule has 0 aliphatic carbocycles. The molecule has 0 spiro atoms. The van der Waals surface area contributed by atoms with Gasteiger partial charge in [-0.3, -0.25) is 4.68 Å². The highest BCUT2D eigenvalue weighted by Gasteiger charge is 2.08. The first kappa shape index (κ1) is 18.2. The maximum atomic E-state index is 4.25. The fraction of sp³-hybridized carbons (Fsp3) is 0.833. The third-order valence-electron chi connectivity index (χ3n) is 4.32. The Labute approximate surface area is 131 Å². The molecule has 1 rings (SSSR count). The van der Waals surface area contributed by atoms with Gasteiger partial charge in [0.1, 0.15) is 0 Å². The van der Waals surface area contributed by atoms with E-state index in [0.717, 1.165) is 13.0 Å². The molecule has 21 heavy (non-hydrogen) atoms. The Morgan fingerprint density at radius 3 is 2.38 bits per heavy atom. The molecule has 1 aromatic rings. The molecule has 0 amide bonds. The molecule has 0 aliphatic heterocycles. The predicted octanol–water partition coefficient (Wildman–Crippen LogP) is 4.47. The maximum absolute atomic E-state index is 4.25. The lowest BCUT2D eigenvalue weighted by Gasteiger charge is -2.17. The average Bonchev–Trinajstić information content (AvgIpc) is 2.89. The second-order valence-corrected chi connectivity index (χ2v) is 6.15. The normalized spacial score (nSPS) is 12.7. The first-order valence-electron chi connectivity index (χ1n) is 8.98. The lowest BCUT2D eigenvalue weighted by Crippen LogP contribution is -2.29. The standard InChI is InChI=1S/C18H35N3/c1-4-6-7-8-9-10-11-12-17(19-5-2)13-14-18-15-16-20-21(18)3/h15-17,19H,4-14H2,1-3H3. The van der Waals surface area contributed by atoms with E-state index in [9.17, 15) is 0 Å². The number of unbranched alkanes of at least 4 members (excludes halogenated alkanes) is 6. The summed E-state index contributed by atoms with van der Waals surface area (Å²) in [4.78, 5) is 0. The molecule has 1 atom stereocenters. The summed E-state index contributed by atoms with van der Waals surface area (Å²) in [6, 6.07) is 2.80. The monoisotopic (exact) mass is 293 g/mol. The Morgan fingerprint density at radius 1 is 1.05 bits per heavy atom. The molecular formula is C18H35N3. The summed E-state index contributed by atoms with van der Waals surface area (Å²) in [7, 11) is 2.04. The third-order valence-corrected chi connectivity index (χ3v) is 4.32. The van der Waals surface area contributed by atoms with Crippen molar-refractivity contribution in [2.75, 3.05) is 6.54 Å². The van der Waals surface area contributed by atoms with Gasteiger partial charge in [0.25, 0.3) is 0 Å². The van der Waals surface area contributed by atoms with Crippen LogP contribution in [0, 0.1) is 0 Å². The van der Waals surface area contributed by atoms with Gasteiger partial charge >= 0.3 is 0 Å². The zero-order chi connectivity index (χ0) is 15.3. The molecule has 0 bridgehead atoms. The Hall–Kier alpha value is -0.830. The van der Waals surface area contributed by atoms with Crippen LogP contribution in [0.15, 0.2) is 12.3 Å².